The molecular formula is C32H28N8O2. The molecule has 6 aromatic rings. The minimum atomic E-state index is -0.586. The first-order chi connectivity index (χ1) is 20.2. The number of hydrogen-bond acceptors (Lipinski definition) is 6. The van der Waals surface area contributed by atoms with Crippen LogP contribution in [0.5, 0.6) is 0 Å². The van der Waals surface area contributed by atoms with Crippen molar-refractivity contribution >= 4 is 28.1 Å². The third-order valence-electron chi connectivity index (χ3n) is 7.30. The monoisotopic (exact) mass is 556 g/mol. The second-order valence-electron chi connectivity index (χ2n) is 10.1. The third kappa shape index (κ3) is 4.57. The molecule has 0 fully saturated rings. The minimum absolute atomic E-state index is 0.0730. The lowest BCUT2D eigenvalue weighted by molar-refractivity contribution is 0.0932. The highest BCUT2D eigenvalue weighted by molar-refractivity contribution is 5.98. The van der Waals surface area contributed by atoms with E-state index in [4.69, 9.17) is 5.73 Å². The summed E-state index contributed by atoms with van der Waals surface area (Å²) in [5, 5.41) is 12.9. The third-order valence-corrected chi connectivity index (χ3v) is 7.30. The van der Waals surface area contributed by atoms with Crippen molar-refractivity contribution in [3.05, 3.63) is 117 Å². The molecule has 2 aromatic carbocycles. The summed E-state index contributed by atoms with van der Waals surface area (Å²) >= 11 is 0. The Bertz CT molecular complexity index is 2130. The van der Waals surface area contributed by atoms with Crippen molar-refractivity contribution in [3.63, 3.8) is 0 Å². The summed E-state index contributed by atoms with van der Waals surface area (Å²) in [5.41, 5.74) is 10.8. The number of imidazole rings is 1. The van der Waals surface area contributed by atoms with Gasteiger partial charge >= 0.3 is 0 Å². The average Bonchev–Trinajstić information content (AvgIpc) is 3.48. The van der Waals surface area contributed by atoms with Crippen LogP contribution in [0.3, 0.4) is 0 Å². The number of amides is 1. The molecule has 4 heterocycles. The van der Waals surface area contributed by atoms with Gasteiger partial charge in [-0.05, 0) is 62.6 Å². The number of fused-ring (bicyclic) bond motifs is 2. The van der Waals surface area contributed by atoms with Crippen LogP contribution >= 0.6 is 0 Å². The molecule has 3 N–H and O–H groups in total. The number of aromatic nitrogens is 6. The zero-order valence-corrected chi connectivity index (χ0v) is 23.6. The van der Waals surface area contributed by atoms with Crippen molar-refractivity contribution in [1.29, 1.82) is 0 Å². The van der Waals surface area contributed by atoms with Gasteiger partial charge in [0.1, 0.15) is 0 Å². The molecule has 1 amide bonds. The largest absolute Gasteiger partial charge is 0.382 e. The number of benzene rings is 2. The normalized spacial score (nSPS) is 11.8. The lowest BCUT2D eigenvalue weighted by Gasteiger charge is -2.21. The van der Waals surface area contributed by atoms with E-state index >= 15 is 0 Å². The van der Waals surface area contributed by atoms with Crippen LogP contribution in [0.2, 0.25) is 0 Å². The van der Waals surface area contributed by atoms with Gasteiger partial charge in [0, 0.05) is 24.0 Å². The Labute approximate surface area is 241 Å². The number of carbonyl (C=O) groups excluding carboxylic acids is 1. The maximum atomic E-state index is 14.3. The molecule has 0 bridgehead atoms. The molecule has 0 aliphatic rings. The van der Waals surface area contributed by atoms with Gasteiger partial charge in [0.05, 0.1) is 34.6 Å². The van der Waals surface area contributed by atoms with Crippen molar-refractivity contribution in [3.8, 4) is 17.5 Å². The topological polar surface area (TPSA) is 125 Å². The summed E-state index contributed by atoms with van der Waals surface area (Å²) in [7, 11) is 1.86. The zero-order valence-electron chi connectivity index (χ0n) is 23.6. The number of aryl methyl sites for hydroxylation is 2. The van der Waals surface area contributed by atoms with E-state index in [2.05, 4.69) is 32.3 Å². The smallest absolute Gasteiger partial charge is 0.274 e. The van der Waals surface area contributed by atoms with Crippen LogP contribution in [0.1, 0.15) is 51.7 Å². The Balaban J connectivity index is 1.48. The van der Waals surface area contributed by atoms with E-state index in [1.165, 1.54) is 4.52 Å². The molecule has 10 heteroatoms. The summed E-state index contributed by atoms with van der Waals surface area (Å²) < 4.78 is 4.81. The second-order valence-corrected chi connectivity index (χ2v) is 10.1. The number of anilines is 1. The zero-order chi connectivity index (χ0) is 29.5. The van der Waals surface area contributed by atoms with E-state index in [0.29, 0.717) is 39.1 Å². The molecule has 42 heavy (non-hydrogen) atoms. The van der Waals surface area contributed by atoms with Gasteiger partial charge < -0.3 is 11.1 Å². The number of nitrogen functional groups attached to an aromatic ring is 1. The first kappa shape index (κ1) is 26.5. The van der Waals surface area contributed by atoms with Crippen LogP contribution in [-0.2, 0) is 7.05 Å². The average molecular weight is 557 g/mol. The molecule has 0 saturated heterocycles. The molecule has 10 nitrogen and oxygen atoms in total. The van der Waals surface area contributed by atoms with Crippen LogP contribution in [0, 0.1) is 25.7 Å². The van der Waals surface area contributed by atoms with Gasteiger partial charge in [-0.25, -0.2) is 9.50 Å². The first-order valence-electron chi connectivity index (χ1n) is 13.4. The lowest BCUT2D eigenvalue weighted by Crippen LogP contribution is -2.33. The summed E-state index contributed by atoms with van der Waals surface area (Å²) in [5.74, 6) is 5.97. The quantitative estimate of drug-likeness (QED) is 0.318. The molecular weight excluding hydrogens is 528 g/mol. The van der Waals surface area contributed by atoms with Crippen LogP contribution in [0.15, 0.2) is 77.7 Å². The maximum absolute atomic E-state index is 14.3. The van der Waals surface area contributed by atoms with E-state index < -0.39 is 11.9 Å². The summed E-state index contributed by atoms with van der Waals surface area (Å²) in [6.45, 7) is 5.59. The highest BCUT2D eigenvalue weighted by Gasteiger charge is 2.24. The van der Waals surface area contributed by atoms with Crippen LogP contribution in [0.4, 0.5) is 5.82 Å². The SMILES string of the molecule is Cc1ccc2nc(N)c(C(=O)N[C@H](C)c3cc4cccc(C#Cc5cnn(C)c5C)c4c(=O)n3-c3ccccc3)n2n1. The predicted molar refractivity (Wildman–Crippen MR) is 161 cm³/mol. The van der Waals surface area contributed by atoms with Crippen LogP contribution < -0.4 is 16.6 Å². The molecule has 0 aliphatic carbocycles. The Morgan fingerprint density at radius 1 is 1.00 bits per heavy atom. The first-order valence-corrected chi connectivity index (χ1v) is 13.4. The highest BCUT2D eigenvalue weighted by atomic mass is 16.2. The number of para-hydroxylation sites is 1. The van der Waals surface area contributed by atoms with Gasteiger partial charge in [0.2, 0.25) is 0 Å². The van der Waals surface area contributed by atoms with Crippen molar-refractivity contribution < 1.29 is 4.79 Å². The van der Waals surface area contributed by atoms with Gasteiger partial charge in [0.15, 0.2) is 17.2 Å². The maximum Gasteiger partial charge on any atom is 0.274 e. The molecule has 0 unspecified atom stereocenters. The van der Waals surface area contributed by atoms with Gasteiger partial charge in [-0.15, -0.1) is 0 Å². The molecule has 0 radical (unpaired) electrons. The van der Waals surface area contributed by atoms with Crippen LogP contribution in [0.25, 0.3) is 22.1 Å². The number of rotatable bonds is 4. The minimum Gasteiger partial charge on any atom is -0.382 e. The number of carbonyl (C=O) groups is 1. The van der Waals surface area contributed by atoms with E-state index in [9.17, 15) is 9.59 Å². The predicted octanol–water partition coefficient (Wildman–Crippen LogP) is 3.86. The Morgan fingerprint density at radius 3 is 2.50 bits per heavy atom. The van der Waals surface area contributed by atoms with Gasteiger partial charge in [0.25, 0.3) is 11.5 Å². The van der Waals surface area contributed by atoms with Crippen molar-refractivity contribution in [1.82, 2.24) is 34.3 Å². The molecule has 0 spiro atoms. The van der Waals surface area contributed by atoms with Gasteiger partial charge in [-0.2, -0.15) is 10.2 Å². The fourth-order valence-electron chi connectivity index (χ4n) is 5.00. The summed E-state index contributed by atoms with van der Waals surface area (Å²) in [4.78, 5) is 32.1. The van der Waals surface area contributed by atoms with Crippen LogP contribution in [-0.4, -0.2) is 34.9 Å². The van der Waals surface area contributed by atoms with E-state index in [0.717, 1.165) is 11.3 Å². The highest BCUT2D eigenvalue weighted by Crippen LogP contribution is 2.24. The summed E-state index contributed by atoms with van der Waals surface area (Å²) in [6.07, 6.45) is 1.71. The molecule has 1 atom stereocenters. The fraction of sp³-hybridized carbons (Fsp3) is 0.156. The standard InChI is InChI=1S/C32H28N8O2/c1-19-13-16-27-36-30(33)29(40(27)37-19)31(41)35-20(2)26-17-23-10-8-9-22(14-15-24-18-34-38(4)21(24)3)28(23)32(42)39(26)25-11-6-5-7-12-25/h5-13,16-18,20H,33H2,1-4H3,(H,35,41)/t20-/m1/s1. The lowest BCUT2D eigenvalue weighted by atomic mass is 10.0. The molecule has 0 aliphatic heterocycles. The van der Waals surface area contributed by atoms with E-state index in [1.807, 2.05) is 82.4 Å². The number of nitrogens with zero attached hydrogens (tertiary/aromatic N) is 6. The van der Waals surface area contributed by atoms with Crippen molar-refractivity contribution in [2.24, 2.45) is 7.05 Å². The van der Waals surface area contributed by atoms with Gasteiger partial charge in [-0.3, -0.25) is 18.8 Å². The van der Waals surface area contributed by atoms with Crippen molar-refractivity contribution in [2.75, 3.05) is 5.73 Å². The Kier molecular flexibility index (Phi) is 6.55. The van der Waals surface area contributed by atoms with Gasteiger partial charge in [-0.1, -0.05) is 42.2 Å². The van der Waals surface area contributed by atoms with E-state index in [-0.39, 0.29) is 17.1 Å². The van der Waals surface area contributed by atoms with E-state index in [1.54, 1.807) is 27.6 Å². The number of nitrogens with two attached hydrogens (primary N) is 1. The number of nitrogens with one attached hydrogen (secondary N) is 1. The molecule has 0 saturated carbocycles. The summed E-state index contributed by atoms with van der Waals surface area (Å²) in [6, 6.07) is 19.8. The second kappa shape index (κ2) is 10.4. The fourth-order valence-corrected chi connectivity index (χ4v) is 5.00. The molecule has 4 aromatic heterocycles. The number of pyridine rings is 1. The van der Waals surface area contributed by atoms with Crippen molar-refractivity contribution in [2.45, 2.75) is 26.8 Å². The molecule has 208 valence electrons. The molecule has 6 rings (SSSR count). The number of hydrogen-bond donors (Lipinski definition) is 2. The Morgan fingerprint density at radius 2 is 1.76 bits per heavy atom. The Hall–Kier alpha value is -5.69.